The number of benzene rings is 1. The van der Waals surface area contributed by atoms with Gasteiger partial charge in [0.15, 0.2) is 0 Å². The summed E-state index contributed by atoms with van der Waals surface area (Å²) < 4.78 is 5.66. The smallest absolute Gasteiger partial charge is 0.119 e. The number of hydrogen-bond acceptors (Lipinski definition) is 1. The van der Waals surface area contributed by atoms with Crippen molar-refractivity contribution in [1.82, 2.24) is 0 Å². The first-order valence-corrected chi connectivity index (χ1v) is 6.70. The van der Waals surface area contributed by atoms with E-state index in [1.807, 2.05) is 12.1 Å². The highest BCUT2D eigenvalue weighted by molar-refractivity contribution is 9.09. The van der Waals surface area contributed by atoms with Crippen molar-refractivity contribution in [2.45, 2.75) is 32.6 Å². The van der Waals surface area contributed by atoms with Crippen molar-refractivity contribution in [3.05, 3.63) is 29.8 Å². The highest BCUT2D eigenvalue weighted by Crippen LogP contribution is 2.13. The first-order chi connectivity index (χ1) is 7.33. The molecule has 1 aromatic carbocycles. The fourth-order valence-electron chi connectivity index (χ4n) is 1.45. The summed E-state index contributed by atoms with van der Waals surface area (Å²) in [6.45, 7) is 2.93. The summed E-state index contributed by atoms with van der Waals surface area (Å²) in [5.74, 6) is 0.996. The Kier molecular flexibility index (Phi) is 6.49. The molecule has 84 valence electrons. The quantitative estimate of drug-likeness (QED) is 0.530. The second kappa shape index (κ2) is 7.75. The molecule has 0 unspecified atom stereocenters. The van der Waals surface area contributed by atoms with E-state index in [0.29, 0.717) is 0 Å². The third-order valence-corrected chi connectivity index (χ3v) is 2.85. The number of aryl methyl sites for hydroxylation is 1. The van der Waals surface area contributed by atoms with E-state index in [4.69, 9.17) is 4.74 Å². The van der Waals surface area contributed by atoms with Crippen molar-refractivity contribution < 1.29 is 4.74 Å². The van der Waals surface area contributed by atoms with Crippen LogP contribution in [-0.4, -0.2) is 11.9 Å². The molecule has 0 spiro atoms. The molecule has 1 rings (SSSR count). The van der Waals surface area contributed by atoms with Crippen molar-refractivity contribution in [2.24, 2.45) is 0 Å². The van der Waals surface area contributed by atoms with E-state index in [9.17, 15) is 0 Å². The van der Waals surface area contributed by atoms with Gasteiger partial charge in [-0.3, -0.25) is 0 Å². The molecule has 0 heterocycles. The molecule has 0 radical (unpaired) electrons. The highest BCUT2D eigenvalue weighted by Gasteiger charge is 1.94. The largest absolute Gasteiger partial charge is 0.494 e. The van der Waals surface area contributed by atoms with E-state index < -0.39 is 0 Å². The number of halogens is 1. The van der Waals surface area contributed by atoms with Gasteiger partial charge in [-0.05, 0) is 37.5 Å². The maximum atomic E-state index is 5.66. The number of alkyl halides is 1. The van der Waals surface area contributed by atoms with Gasteiger partial charge in [-0.1, -0.05) is 40.9 Å². The van der Waals surface area contributed by atoms with Crippen LogP contribution < -0.4 is 4.74 Å². The van der Waals surface area contributed by atoms with Gasteiger partial charge >= 0.3 is 0 Å². The van der Waals surface area contributed by atoms with Crippen LogP contribution in [0.15, 0.2) is 24.3 Å². The van der Waals surface area contributed by atoms with E-state index in [1.165, 1.54) is 24.8 Å². The zero-order valence-corrected chi connectivity index (χ0v) is 10.9. The normalized spacial score (nSPS) is 10.3. The molecule has 0 amide bonds. The summed E-state index contributed by atoms with van der Waals surface area (Å²) >= 11 is 3.43. The number of ether oxygens (including phenoxy) is 1. The van der Waals surface area contributed by atoms with Gasteiger partial charge < -0.3 is 4.74 Å². The molecule has 0 aromatic heterocycles. The number of rotatable bonds is 7. The Hall–Kier alpha value is -0.500. The van der Waals surface area contributed by atoms with E-state index in [-0.39, 0.29) is 0 Å². The molecule has 0 saturated heterocycles. The van der Waals surface area contributed by atoms with Gasteiger partial charge in [-0.2, -0.15) is 0 Å². The predicted octanol–water partition coefficient (Wildman–Crippen LogP) is 4.33. The minimum Gasteiger partial charge on any atom is -0.494 e. The van der Waals surface area contributed by atoms with Crippen LogP contribution in [0.3, 0.4) is 0 Å². The summed E-state index contributed by atoms with van der Waals surface area (Å²) in [6, 6.07) is 8.22. The first-order valence-electron chi connectivity index (χ1n) is 5.58. The average molecular weight is 271 g/mol. The maximum absolute atomic E-state index is 5.66. The van der Waals surface area contributed by atoms with Crippen LogP contribution in [-0.2, 0) is 0 Å². The molecule has 15 heavy (non-hydrogen) atoms. The minimum atomic E-state index is 0.839. The van der Waals surface area contributed by atoms with Gasteiger partial charge in [-0.25, -0.2) is 0 Å². The topological polar surface area (TPSA) is 9.23 Å². The van der Waals surface area contributed by atoms with Crippen LogP contribution >= 0.6 is 15.9 Å². The molecular formula is C13H19BrO. The molecule has 0 atom stereocenters. The van der Waals surface area contributed by atoms with Crippen LogP contribution in [0.1, 0.15) is 31.2 Å². The van der Waals surface area contributed by atoms with Gasteiger partial charge in [0, 0.05) is 5.33 Å². The summed E-state index contributed by atoms with van der Waals surface area (Å²) in [5, 5.41) is 1.12. The Morgan fingerprint density at radius 1 is 1.13 bits per heavy atom. The third kappa shape index (κ3) is 5.83. The standard InChI is InChI=1S/C13H19BrO/c1-12-7-6-8-13(11-12)15-10-5-3-2-4-9-14/h6-8,11H,2-5,9-10H2,1H3. The van der Waals surface area contributed by atoms with Crippen molar-refractivity contribution in [2.75, 3.05) is 11.9 Å². The molecule has 0 aliphatic heterocycles. The lowest BCUT2D eigenvalue weighted by atomic mass is 10.2. The second-order valence-electron chi connectivity index (χ2n) is 3.77. The zero-order valence-electron chi connectivity index (χ0n) is 9.34. The SMILES string of the molecule is Cc1cccc(OCCCCCCBr)c1. The summed E-state index contributed by atoms with van der Waals surface area (Å²) in [7, 11) is 0. The lowest BCUT2D eigenvalue weighted by Gasteiger charge is -2.06. The number of unbranched alkanes of at least 4 members (excludes halogenated alkanes) is 3. The molecule has 1 nitrogen and oxygen atoms in total. The lowest BCUT2D eigenvalue weighted by Crippen LogP contribution is -1.97. The Bertz CT molecular complexity index is 273. The van der Waals surface area contributed by atoms with Crippen LogP contribution in [0.4, 0.5) is 0 Å². The first kappa shape index (κ1) is 12.6. The van der Waals surface area contributed by atoms with E-state index >= 15 is 0 Å². The molecular weight excluding hydrogens is 252 g/mol. The molecule has 2 heteroatoms. The molecule has 0 aliphatic rings. The van der Waals surface area contributed by atoms with Crippen LogP contribution in [0.25, 0.3) is 0 Å². The third-order valence-electron chi connectivity index (χ3n) is 2.29. The van der Waals surface area contributed by atoms with Gasteiger partial charge in [0.05, 0.1) is 6.61 Å². The zero-order chi connectivity index (χ0) is 10.9. The number of hydrogen-bond donors (Lipinski definition) is 0. The van der Waals surface area contributed by atoms with Crippen LogP contribution in [0.2, 0.25) is 0 Å². The van der Waals surface area contributed by atoms with Gasteiger partial charge in [0.1, 0.15) is 5.75 Å². The average Bonchev–Trinajstić information content (AvgIpc) is 2.23. The maximum Gasteiger partial charge on any atom is 0.119 e. The van der Waals surface area contributed by atoms with Crippen molar-refractivity contribution in [1.29, 1.82) is 0 Å². The molecule has 0 fully saturated rings. The Morgan fingerprint density at radius 3 is 2.67 bits per heavy atom. The lowest BCUT2D eigenvalue weighted by molar-refractivity contribution is 0.305. The van der Waals surface area contributed by atoms with Gasteiger partial charge in [0.2, 0.25) is 0 Å². The molecule has 0 aliphatic carbocycles. The molecule has 0 bridgehead atoms. The predicted molar refractivity (Wildman–Crippen MR) is 68.9 cm³/mol. The monoisotopic (exact) mass is 270 g/mol. The summed E-state index contributed by atoms with van der Waals surface area (Å²) in [4.78, 5) is 0. The van der Waals surface area contributed by atoms with Gasteiger partial charge in [0.25, 0.3) is 0 Å². The Morgan fingerprint density at radius 2 is 1.93 bits per heavy atom. The molecule has 0 N–H and O–H groups in total. The Labute approximate surface area is 101 Å². The minimum absolute atomic E-state index is 0.839. The van der Waals surface area contributed by atoms with E-state index in [2.05, 4.69) is 35.0 Å². The highest BCUT2D eigenvalue weighted by atomic mass is 79.9. The van der Waals surface area contributed by atoms with Crippen LogP contribution in [0, 0.1) is 6.92 Å². The fourth-order valence-corrected chi connectivity index (χ4v) is 1.84. The molecule has 0 saturated carbocycles. The summed E-state index contributed by atoms with van der Waals surface area (Å²) in [5.41, 5.74) is 1.26. The van der Waals surface area contributed by atoms with Gasteiger partial charge in [-0.15, -0.1) is 0 Å². The fraction of sp³-hybridized carbons (Fsp3) is 0.538. The Balaban J connectivity index is 2.10. The van der Waals surface area contributed by atoms with Crippen molar-refractivity contribution in [3.63, 3.8) is 0 Å². The second-order valence-corrected chi connectivity index (χ2v) is 4.56. The summed E-state index contributed by atoms with van der Waals surface area (Å²) in [6.07, 6.45) is 4.98. The molecule has 1 aromatic rings. The van der Waals surface area contributed by atoms with E-state index in [1.54, 1.807) is 0 Å². The van der Waals surface area contributed by atoms with Crippen molar-refractivity contribution >= 4 is 15.9 Å². The van der Waals surface area contributed by atoms with Crippen LogP contribution in [0.5, 0.6) is 5.75 Å². The van der Waals surface area contributed by atoms with Crippen molar-refractivity contribution in [3.8, 4) is 5.75 Å². The van der Waals surface area contributed by atoms with E-state index in [0.717, 1.165) is 24.1 Å².